The Bertz CT molecular complexity index is 956. The minimum atomic E-state index is -0.373. The van der Waals surface area contributed by atoms with Crippen LogP contribution in [0.1, 0.15) is 35.0 Å². The Hall–Kier alpha value is -2.82. The molecule has 5 nitrogen and oxygen atoms in total. The maximum absolute atomic E-state index is 11.2. The topological polar surface area (TPSA) is 61.6 Å². The van der Waals surface area contributed by atoms with Crippen LogP contribution >= 0.6 is 0 Å². The number of furan rings is 1. The summed E-state index contributed by atoms with van der Waals surface area (Å²) < 4.78 is 16.9. The number of fused-ring (bicyclic) bond motifs is 1. The van der Waals surface area contributed by atoms with Gasteiger partial charge in [0.15, 0.2) is 5.75 Å². The number of aryl methyl sites for hydroxylation is 4. The molecule has 2 aromatic heterocycles. The van der Waals surface area contributed by atoms with Crippen molar-refractivity contribution in [2.45, 2.75) is 41.2 Å². The molecular weight excluding hydrogens is 318 g/mol. The lowest BCUT2D eigenvalue weighted by Gasteiger charge is -2.13. The lowest BCUT2D eigenvalue weighted by molar-refractivity contribution is -0.131. The minimum Gasteiger partial charge on any atom is -0.488 e. The number of carbonyl (C=O) groups is 1. The number of carbonyl (C=O) groups excluding carboxylic acids is 1. The lowest BCUT2D eigenvalue weighted by atomic mass is 10.1. The van der Waals surface area contributed by atoms with Crippen LogP contribution in [0.25, 0.3) is 11.0 Å². The van der Waals surface area contributed by atoms with Crippen molar-refractivity contribution in [2.75, 3.05) is 0 Å². The van der Waals surface area contributed by atoms with Gasteiger partial charge in [-0.25, -0.2) is 0 Å². The minimum absolute atomic E-state index is 0.373. The zero-order valence-electron chi connectivity index (χ0n) is 15.1. The summed E-state index contributed by atoms with van der Waals surface area (Å²) in [5.41, 5.74) is 5.47. The molecule has 5 heteroatoms. The van der Waals surface area contributed by atoms with Crippen molar-refractivity contribution >= 4 is 16.9 Å². The SMILES string of the molecule is CC(=O)Oc1coc2c(C)c(OCc3ccc(C)nc3C)cc(C)c12. The third kappa shape index (κ3) is 3.36. The molecule has 0 amide bonds. The van der Waals surface area contributed by atoms with Crippen LogP contribution in [0.3, 0.4) is 0 Å². The molecule has 0 unspecified atom stereocenters. The fourth-order valence-corrected chi connectivity index (χ4v) is 2.88. The Kier molecular flexibility index (Phi) is 4.49. The molecule has 0 bridgehead atoms. The van der Waals surface area contributed by atoms with Crippen LogP contribution < -0.4 is 9.47 Å². The quantitative estimate of drug-likeness (QED) is 0.652. The van der Waals surface area contributed by atoms with Gasteiger partial charge in [-0.15, -0.1) is 0 Å². The molecule has 0 spiro atoms. The highest BCUT2D eigenvalue weighted by atomic mass is 16.5. The highest BCUT2D eigenvalue weighted by Crippen LogP contribution is 2.38. The first-order valence-corrected chi connectivity index (χ1v) is 8.12. The largest absolute Gasteiger partial charge is 0.488 e. The van der Waals surface area contributed by atoms with Gasteiger partial charge < -0.3 is 13.9 Å². The first-order valence-electron chi connectivity index (χ1n) is 8.12. The van der Waals surface area contributed by atoms with Gasteiger partial charge in [-0.1, -0.05) is 6.07 Å². The molecule has 0 N–H and O–H groups in total. The summed E-state index contributed by atoms with van der Waals surface area (Å²) in [6.07, 6.45) is 1.46. The van der Waals surface area contributed by atoms with Crippen molar-refractivity contribution in [3.63, 3.8) is 0 Å². The van der Waals surface area contributed by atoms with Gasteiger partial charge in [0.25, 0.3) is 0 Å². The van der Waals surface area contributed by atoms with E-state index in [0.717, 1.165) is 39.2 Å². The molecule has 3 rings (SSSR count). The molecule has 0 aliphatic heterocycles. The van der Waals surface area contributed by atoms with E-state index in [1.165, 1.54) is 13.2 Å². The van der Waals surface area contributed by atoms with Gasteiger partial charge in [-0.2, -0.15) is 0 Å². The summed E-state index contributed by atoms with van der Waals surface area (Å²) in [7, 11) is 0. The van der Waals surface area contributed by atoms with Gasteiger partial charge in [0.1, 0.15) is 24.2 Å². The third-order valence-corrected chi connectivity index (χ3v) is 4.18. The second-order valence-electron chi connectivity index (χ2n) is 6.20. The maximum atomic E-state index is 11.2. The van der Waals surface area contributed by atoms with Gasteiger partial charge >= 0.3 is 5.97 Å². The molecule has 25 heavy (non-hydrogen) atoms. The first kappa shape index (κ1) is 17.0. The monoisotopic (exact) mass is 339 g/mol. The van der Waals surface area contributed by atoms with Gasteiger partial charge in [0.2, 0.25) is 0 Å². The molecule has 0 radical (unpaired) electrons. The standard InChI is InChI=1S/C20H21NO4/c1-11-8-17(23-9-16-7-6-12(2)21-14(16)4)13(3)20-19(11)18(10-24-20)25-15(5)22/h6-8,10H,9H2,1-5H3. The average Bonchev–Trinajstić information content (AvgIpc) is 2.94. The molecule has 0 aliphatic carbocycles. The van der Waals surface area contributed by atoms with E-state index in [-0.39, 0.29) is 5.97 Å². The molecule has 3 aromatic rings. The number of ether oxygens (including phenoxy) is 2. The van der Waals surface area contributed by atoms with E-state index >= 15 is 0 Å². The number of pyridine rings is 1. The molecule has 0 saturated carbocycles. The molecule has 0 aliphatic rings. The van der Waals surface area contributed by atoms with Crippen LogP contribution in [0.15, 0.2) is 28.9 Å². The molecule has 0 fully saturated rings. The number of aromatic nitrogens is 1. The van der Waals surface area contributed by atoms with Crippen molar-refractivity contribution in [1.29, 1.82) is 0 Å². The summed E-state index contributed by atoms with van der Waals surface area (Å²) in [5, 5.41) is 0.799. The Morgan fingerprint density at radius 1 is 1.16 bits per heavy atom. The highest BCUT2D eigenvalue weighted by molar-refractivity contribution is 5.92. The van der Waals surface area contributed by atoms with Crippen molar-refractivity contribution in [3.8, 4) is 11.5 Å². The number of rotatable bonds is 4. The average molecular weight is 339 g/mol. The normalized spacial score (nSPS) is 10.9. The highest BCUT2D eigenvalue weighted by Gasteiger charge is 2.17. The zero-order chi connectivity index (χ0) is 18.1. The van der Waals surface area contributed by atoms with Gasteiger partial charge in [0.05, 0.1) is 5.39 Å². The lowest BCUT2D eigenvalue weighted by Crippen LogP contribution is -2.03. The summed E-state index contributed by atoms with van der Waals surface area (Å²) in [6.45, 7) is 9.62. The molecule has 0 saturated heterocycles. The van der Waals surface area contributed by atoms with E-state index in [4.69, 9.17) is 13.9 Å². The summed E-state index contributed by atoms with van der Waals surface area (Å²) >= 11 is 0. The fourth-order valence-electron chi connectivity index (χ4n) is 2.88. The van der Waals surface area contributed by atoms with Gasteiger partial charge in [-0.05, 0) is 45.4 Å². The van der Waals surface area contributed by atoms with Crippen molar-refractivity contribution in [2.24, 2.45) is 0 Å². The second kappa shape index (κ2) is 6.59. The van der Waals surface area contributed by atoms with E-state index < -0.39 is 0 Å². The van der Waals surface area contributed by atoms with E-state index in [9.17, 15) is 4.79 Å². The zero-order valence-corrected chi connectivity index (χ0v) is 15.1. The predicted molar refractivity (Wildman–Crippen MR) is 95.0 cm³/mol. The summed E-state index contributed by atoms with van der Waals surface area (Å²) in [4.78, 5) is 15.7. The second-order valence-corrected chi connectivity index (χ2v) is 6.20. The smallest absolute Gasteiger partial charge is 0.308 e. The third-order valence-electron chi connectivity index (χ3n) is 4.18. The van der Waals surface area contributed by atoms with Crippen LogP contribution in [0, 0.1) is 27.7 Å². The number of nitrogens with zero attached hydrogens (tertiary/aromatic N) is 1. The Balaban J connectivity index is 1.92. The Morgan fingerprint density at radius 2 is 1.92 bits per heavy atom. The molecule has 2 heterocycles. The first-order chi connectivity index (χ1) is 11.9. The summed E-state index contributed by atoms with van der Waals surface area (Å²) in [6, 6.07) is 5.95. The van der Waals surface area contributed by atoms with E-state index in [1.54, 1.807) is 0 Å². The van der Waals surface area contributed by atoms with E-state index in [0.29, 0.717) is 17.9 Å². The molecular formula is C20H21NO4. The van der Waals surface area contributed by atoms with Crippen molar-refractivity contribution in [3.05, 3.63) is 52.5 Å². The number of hydrogen-bond donors (Lipinski definition) is 0. The van der Waals surface area contributed by atoms with E-state index in [2.05, 4.69) is 4.98 Å². The molecule has 0 atom stereocenters. The van der Waals surface area contributed by atoms with Crippen LogP contribution in [-0.4, -0.2) is 11.0 Å². The van der Waals surface area contributed by atoms with Gasteiger partial charge in [-0.3, -0.25) is 9.78 Å². The van der Waals surface area contributed by atoms with Crippen LogP contribution in [0.5, 0.6) is 11.5 Å². The van der Waals surface area contributed by atoms with Gasteiger partial charge in [0, 0.05) is 29.4 Å². The Morgan fingerprint density at radius 3 is 2.60 bits per heavy atom. The number of hydrogen-bond acceptors (Lipinski definition) is 5. The summed E-state index contributed by atoms with van der Waals surface area (Å²) in [5.74, 6) is 0.810. The van der Waals surface area contributed by atoms with E-state index in [1.807, 2.05) is 45.9 Å². The van der Waals surface area contributed by atoms with Crippen molar-refractivity contribution < 1.29 is 18.7 Å². The van der Waals surface area contributed by atoms with Crippen LogP contribution in [0.4, 0.5) is 0 Å². The molecule has 130 valence electrons. The number of esters is 1. The predicted octanol–water partition coefficient (Wildman–Crippen LogP) is 4.57. The van der Waals surface area contributed by atoms with Crippen LogP contribution in [0.2, 0.25) is 0 Å². The number of benzene rings is 1. The molecule has 1 aromatic carbocycles. The fraction of sp³-hybridized carbons (Fsp3) is 0.300. The maximum Gasteiger partial charge on any atom is 0.308 e. The Labute approximate surface area is 146 Å². The van der Waals surface area contributed by atoms with Crippen LogP contribution in [-0.2, 0) is 11.4 Å². The van der Waals surface area contributed by atoms with Crippen molar-refractivity contribution in [1.82, 2.24) is 4.98 Å².